The Balaban J connectivity index is 4.49. The lowest BCUT2D eigenvalue weighted by Gasteiger charge is -2.34. The second-order valence-electron chi connectivity index (χ2n) is 13.8. The molecule has 0 aliphatic heterocycles. The summed E-state index contributed by atoms with van der Waals surface area (Å²) in [6, 6.07) is -0.739. The van der Waals surface area contributed by atoms with Crippen LogP contribution in [0.4, 0.5) is 0 Å². The van der Waals surface area contributed by atoms with E-state index in [9.17, 15) is 19.5 Å². The predicted molar refractivity (Wildman–Crippen MR) is 203 cm³/mol. The van der Waals surface area contributed by atoms with Crippen LogP contribution in [0.5, 0.6) is 0 Å². The summed E-state index contributed by atoms with van der Waals surface area (Å²) in [6.45, 7) is 4.41. The van der Waals surface area contributed by atoms with E-state index in [1.54, 1.807) is 21.1 Å². The summed E-state index contributed by atoms with van der Waals surface area (Å²) in [6.07, 6.45) is 38.4. The maximum absolute atomic E-state index is 12.6. The van der Waals surface area contributed by atoms with Crippen molar-refractivity contribution >= 4 is 17.9 Å². The lowest BCUT2D eigenvalue weighted by Crippen LogP contribution is -2.55. The van der Waals surface area contributed by atoms with E-state index >= 15 is 0 Å². The van der Waals surface area contributed by atoms with Gasteiger partial charge in [-0.15, -0.1) is 0 Å². The molecule has 0 amide bonds. The number of carbonyl (C=O) groups excluding carboxylic acids is 3. The molecule has 2 unspecified atom stereocenters. The van der Waals surface area contributed by atoms with E-state index in [1.807, 2.05) is 0 Å². The summed E-state index contributed by atoms with van der Waals surface area (Å²) >= 11 is 0. The Labute approximate surface area is 305 Å². The highest BCUT2D eigenvalue weighted by Crippen LogP contribution is 2.11. The summed E-state index contributed by atoms with van der Waals surface area (Å²) in [7, 11) is 5.36. The van der Waals surface area contributed by atoms with Crippen molar-refractivity contribution in [3.63, 3.8) is 0 Å². The molecular formula is C42H71NO7. The van der Waals surface area contributed by atoms with Crippen molar-refractivity contribution in [1.82, 2.24) is 0 Å². The number of hydrogen-bond acceptors (Lipinski definition) is 7. The Hall–Kier alpha value is -2.97. The van der Waals surface area contributed by atoms with Gasteiger partial charge in [0.05, 0.1) is 40.3 Å². The Bertz CT molecular complexity index is 1010. The Morgan fingerprint density at radius 2 is 1.14 bits per heavy atom. The molecule has 50 heavy (non-hydrogen) atoms. The van der Waals surface area contributed by atoms with Gasteiger partial charge in [0, 0.05) is 19.3 Å². The first-order valence-electron chi connectivity index (χ1n) is 19.3. The quantitative estimate of drug-likeness (QED) is 0.0293. The summed E-state index contributed by atoms with van der Waals surface area (Å²) in [5.41, 5.74) is 0. The third-order valence-corrected chi connectivity index (χ3v) is 8.14. The first-order valence-corrected chi connectivity index (χ1v) is 19.3. The average Bonchev–Trinajstić information content (AvgIpc) is 3.06. The van der Waals surface area contributed by atoms with Crippen LogP contribution in [0.2, 0.25) is 0 Å². The fourth-order valence-electron chi connectivity index (χ4n) is 5.12. The van der Waals surface area contributed by atoms with Crippen molar-refractivity contribution in [2.75, 3.05) is 41.0 Å². The van der Waals surface area contributed by atoms with Crippen molar-refractivity contribution in [2.24, 2.45) is 0 Å². The normalized spacial score (nSPS) is 13.7. The molecule has 0 radical (unpaired) electrons. The van der Waals surface area contributed by atoms with Crippen molar-refractivity contribution in [3.05, 3.63) is 60.8 Å². The number of carboxylic acid groups (broad SMARTS) is 1. The first-order chi connectivity index (χ1) is 24.1. The zero-order chi connectivity index (χ0) is 37.1. The maximum Gasteiger partial charge on any atom is 0.306 e. The zero-order valence-electron chi connectivity index (χ0n) is 32.3. The summed E-state index contributed by atoms with van der Waals surface area (Å²) in [5, 5.41) is 11.6. The van der Waals surface area contributed by atoms with E-state index in [0.29, 0.717) is 12.8 Å². The summed E-state index contributed by atoms with van der Waals surface area (Å²) in [4.78, 5) is 36.5. The van der Waals surface area contributed by atoms with E-state index in [0.717, 1.165) is 44.9 Å². The second-order valence-corrected chi connectivity index (χ2v) is 13.8. The SMILES string of the molecule is CC/C=C/C/C=C/CCCCC(=O)OC(COCCC(C(=O)[O-])[N+](C)(C)C)COC(=O)CCC/C=C/C/C=C/C/C=C/CCCCCCCC. The number of likely N-dealkylation sites (N-methyl/N-ethyl adjacent to an activating group) is 1. The van der Waals surface area contributed by atoms with Crippen LogP contribution in [0.3, 0.4) is 0 Å². The van der Waals surface area contributed by atoms with E-state index in [1.165, 1.54) is 44.9 Å². The summed E-state index contributed by atoms with van der Waals surface area (Å²) in [5.74, 6) is -1.86. The number of aliphatic carboxylic acids is 1. The number of quaternary nitrogens is 1. The van der Waals surface area contributed by atoms with Crippen LogP contribution in [0.1, 0.15) is 136 Å². The number of nitrogens with zero attached hydrogens (tertiary/aromatic N) is 1. The average molecular weight is 702 g/mol. The van der Waals surface area contributed by atoms with E-state index in [4.69, 9.17) is 14.2 Å². The van der Waals surface area contributed by atoms with Crippen LogP contribution in [0, 0.1) is 0 Å². The van der Waals surface area contributed by atoms with Crippen LogP contribution >= 0.6 is 0 Å². The molecule has 0 heterocycles. The topological polar surface area (TPSA) is 102 Å². The summed E-state index contributed by atoms with van der Waals surface area (Å²) < 4.78 is 17.0. The van der Waals surface area contributed by atoms with Crippen LogP contribution < -0.4 is 5.11 Å². The molecule has 8 nitrogen and oxygen atoms in total. The Kier molecular flexibility index (Phi) is 31.2. The maximum atomic E-state index is 12.6. The fourth-order valence-corrected chi connectivity index (χ4v) is 5.12. The third kappa shape index (κ3) is 31.0. The van der Waals surface area contributed by atoms with Gasteiger partial charge < -0.3 is 28.6 Å². The lowest BCUT2D eigenvalue weighted by atomic mass is 10.1. The minimum absolute atomic E-state index is 0.00905. The van der Waals surface area contributed by atoms with Crippen molar-refractivity contribution in [1.29, 1.82) is 0 Å². The van der Waals surface area contributed by atoms with Gasteiger partial charge in [-0.3, -0.25) is 9.59 Å². The van der Waals surface area contributed by atoms with E-state index < -0.39 is 18.1 Å². The van der Waals surface area contributed by atoms with Gasteiger partial charge in [0.2, 0.25) is 0 Å². The van der Waals surface area contributed by atoms with Gasteiger partial charge in [0.15, 0.2) is 6.10 Å². The number of esters is 2. The van der Waals surface area contributed by atoms with Crippen LogP contribution in [0.15, 0.2) is 60.8 Å². The number of unbranched alkanes of at least 4 members (excludes halogenated alkanes) is 9. The van der Waals surface area contributed by atoms with Gasteiger partial charge in [0.1, 0.15) is 12.6 Å². The van der Waals surface area contributed by atoms with Crippen molar-refractivity contribution in [2.45, 2.75) is 148 Å². The molecule has 0 fully saturated rings. The molecule has 0 saturated heterocycles. The van der Waals surface area contributed by atoms with Crippen LogP contribution in [-0.2, 0) is 28.6 Å². The number of carboxylic acids is 1. The van der Waals surface area contributed by atoms with Gasteiger partial charge in [-0.05, 0) is 70.6 Å². The lowest BCUT2D eigenvalue weighted by molar-refractivity contribution is -0.889. The second kappa shape index (κ2) is 33.2. The largest absolute Gasteiger partial charge is 0.544 e. The first kappa shape index (κ1) is 47.0. The molecular weight excluding hydrogens is 630 g/mol. The fraction of sp³-hybridized carbons (Fsp3) is 0.690. The molecule has 0 saturated carbocycles. The molecule has 0 aliphatic rings. The zero-order valence-corrected chi connectivity index (χ0v) is 32.3. The highest BCUT2D eigenvalue weighted by atomic mass is 16.6. The minimum atomic E-state index is -1.14. The molecule has 0 spiro atoms. The Morgan fingerprint density at radius 3 is 1.72 bits per heavy atom. The highest BCUT2D eigenvalue weighted by molar-refractivity contribution is 5.70. The van der Waals surface area contributed by atoms with E-state index in [2.05, 4.69) is 74.6 Å². The molecule has 0 aromatic rings. The van der Waals surface area contributed by atoms with Gasteiger partial charge in [-0.2, -0.15) is 0 Å². The van der Waals surface area contributed by atoms with Gasteiger partial charge in [-0.1, -0.05) is 107 Å². The van der Waals surface area contributed by atoms with Gasteiger partial charge in [-0.25, -0.2) is 0 Å². The smallest absolute Gasteiger partial charge is 0.306 e. The minimum Gasteiger partial charge on any atom is -0.544 e. The predicted octanol–water partition coefficient (Wildman–Crippen LogP) is 8.52. The van der Waals surface area contributed by atoms with Gasteiger partial charge >= 0.3 is 11.9 Å². The van der Waals surface area contributed by atoms with Crippen LogP contribution in [-0.4, -0.2) is 75.5 Å². The van der Waals surface area contributed by atoms with Crippen LogP contribution in [0.25, 0.3) is 0 Å². The standard InChI is InChI=1S/C42H71NO7/c1-6-8-10-12-14-16-17-18-19-20-21-22-23-25-26-28-30-32-40(44)49-37-38(36-48-35-34-39(42(46)47)43(3,4)5)50-41(45)33-31-29-27-24-15-13-11-9-7-2/h9,11,15,18-19,21-22,24-26,38-39H,6-8,10,12-14,16-17,20,23,27-37H2,1-5H3/b11-9+,19-18+,22-21+,24-15+,26-25+. The molecule has 286 valence electrons. The van der Waals surface area contributed by atoms with Gasteiger partial charge in [0.25, 0.3) is 0 Å². The number of ether oxygens (including phenoxy) is 3. The number of carbonyl (C=O) groups is 3. The van der Waals surface area contributed by atoms with E-state index in [-0.39, 0.29) is 55.5 Å². The Morgan fingerprint density at radius 1 is 0.620 bits per heavy atom. The molecule has 0 aromatic carbocycles. The van der Waals surface area contributed by atoms with Crippen molar-refractivity contribution in [3.8, 4) is 0 Å². The molecule has 0 bridgehead atoms. The molecule has 0 aromatic heterocycles. The molecule has 0 aliphatic carbocycles. The third-order valence-electron chi connectivity index (χ3n) is 8.14. The number of allylic oxidation sites excluding steroid dienone is 10. The molecule has 8 heteroatoms. The monoisotopic (exact) mass is 702 g/mol. The number of rotatable bonds is 33. The molecule has 0 rings (SSSR count). The number of hydrogen-bond donors (Lipinski definition) is 0. The molecule has 2 atom stereocenters. The van der Waals surface area contributed by atoms with Crippen molar-refractivity contribution < 1.29 is 38.2 Å². The highest BCUT2D eigenvalue weighted by Gasteiger charge is 2.25. The molecule has 0 N–H and O–H groups in total.